The van der Waals surface area contributed by atoms with Crippen molar-refractivity contribution in [2.45, 2.75) is 12.8 Å². The predicted molar refractivity (Wildman–Crippen MR) is 86.0 cm³/mol. The summed E-state index contributed by atoms with van der Waals surface area (Å²) in [6.45, 7) is 1.76. The predicted octanol–water partition coefficient (Wildman–Crippen LogP) is 2.66. The molecular formula is C15H19BrN4. The highest BCUT2D eigenvalue weighted by Crippen LogP contribution is 2.11. The Morgan fingerprint density at radius 2 is 1.85 bits per heavy atom. The molecule has 0 amide bonds. The van der Waals surface area contributed by atoms with E-state index < -0.39 is 0 Å². The van der Waals surface area contributed by atoms with Crippen molar-refractivity contribution in [1.82, 2.24) is 15.3 Å². The van der Waals surface area contributed by atoms with Crippen LogP contribution < -0.4 is 10.6 Å². The van der Waals surface area contributed by atoms with Gasteiger partial charge in [-0.1, -0.05) is 28.1 Å². The van der Waals surface area contributed by atoms with E-state index in [2.05, 4.69) is 60.8 Å². The monoisotopic (exact) mass is 334 g/mol. The molecule has 0 saturated heterocycles. The second kappa shape index (κ2) is 7.97. The molecule has 1 aromatic heterocycles. The lowest BCUT2D eigenvalue weighted by atomic mass is 10.1. The number of benzene rings is 1. The average molecular weight is 335 g/mol. The van der Waals surface area contributed by atoms with Gasteiger partial charge in [0.2, 0.25) is 0 Å². The molecule has 0 radical (unpaired) electrons. The minimum atomic E-state index is 0.846. The maximum Gasteiger partial charge on any atom is 0.131 e. The zero-order chi connectivity index (χ0) is 14.2. The molecule has 0 unspecified atom stereocenters. The minimum Gasteiger partial charge on any atom is -0.370 e. The van der Waals surface area contributed by atoms with Gasteiger partial charge >= 0.3 is 0 Å². The summed E-state index contributed by atoms with van der Waals surface area (Å²) in [5, 5.41) is 6.44. The van der Waals surface area contributed by atoms with E-state index in [4.69, 9.17) is 0 Å². The van der Waals surface area contributed by atoms with Crippen LogP contribution in [0, 0.1) is 0 Å². The number of hydrogen-bond acceptors (Lipinski definition) is 4. The van der Waals surface area contributed by atoms with Gasteiger partial charge in [-0.2, -0.15) is 0 Å². The summed E-state index contributed by atoms with van der Waals surface area (Å²) in [6, 6.07) is 10.3. The highest BCUT2D eigenvalue weighted by atomic mass is 79.9. The molecule has 0 bridgehead atoms. The third-order valence-corrected chi connectivity index (χ3v) is 3.47. The van der Waals surface area contributed by atoms with Crippen molar-refractivity contribution < 1.29 is 0 Å². The van der Waals surface area contributed by atoms with E-state index >= 15 is 0 Å². The molecule has 0 aliphatic heterocycles. The van der Waals surface area contributed by atoms with E-state index in [0.29, 0.717) is 0 Å². The summed E-state index contributed by atoms with van der Waals surface area (Å²) in [5.74, 6) is 1.76. The second-order valence-corrected chi connectivity index (χ2v) is 5.43. The third kappa shape index (κ3) is 4.90. The van der Waals surface area contributed by atoms with Gasteiger partial charge in [0.25, 0.3) is 0 Å². The molecule has 4 nitrogen and oxygen atoms in total. The summed E-state index contributed by atoms with van der Waals surface area (Å²) >= 11 is 3.44. The van der Waals surface area contributed by atoms with Crippen LogP contribution in [0.1, 0.15) is 11.4 Å². The molecule has 20 heavy (non-hydrogen) atoms. The van der Waals surface area contributed by atoms with Crippen molar-refractivity contribution in [2.75, 3.05) is 25.5 Å². The van der Waals surface area contributed by atoms with Gasteiger partial charge in [0, 0.05) is 30.2 Å². The quantitative estimate of drug-likeness (QED) is 0.817. The molecule has 106 valence electrons. The lowest BCUT2D eigenvalue weighted by Crippen LogP contribution is -2.13. The first-order valence-electron chi connectivity index (χ1n) is 6.73. The first kappa shape index (κ1) is 14.9. The lowest BCUT2D eigenvalue weighted by molar-refractivity contribution is 0.755. The van der Waals surface area contributed by atoms with Crippen molar-refractivity contribution in [3.63, 3.8) is 0 Å². The van der Waals surface area contributed by atoms with Gasteiger partial charge in [0.05, 0.1) is 0 Å². The molecule has 0 atom stereocenters. The average Bonchev–Trinajstić information content (AvgIpc) is 2.48. The van der Waals surface area contributed by atoms with Crippen LogP contribution in [0.15, 0.2) is 41.0 Å². The Kier molecular flexibility index (Phi) is 5.95. The van der Waals surface area contributed by atoms with Crippen molar-refractivity contribution >= 4 is 21.7 Å². The van der Waals surface area contributed by atoms with Gasteiger partial charge in [-0.25, -0.2) is 9.97 Å². The fraction of sp³-hybridized carbons (Fsp3) is 0.333. The summed E-state index contributed by atoms with van der Waals surface area (Å²) in [7, 11) is 1.93. The van der Waals surface area contributed by atoms with Gasteiger partial charge in [-0.3, -0.25) is 0 Å². The topological polar surface area (TPSA) is 49.8 Å². The van der Waals surface area contributed by atoms with Crippen molar-refractivity contribution in [2.24, 2.45) is 0 Å². The van der Waals surface area contributed by atoms with Gasteiger partial charge in [0.15, 0.2) is 0 Å². The first-order chi connectivity index (χ1) is 9.78. The standard InChI is InChI=1S/C15H19BrN4/c1-17-9-7-14-19-11-8-15(20-14)18-10-6-12-2-4-13(16)5-3-12/h2-5,8,11,17H,6-7,9-10H2,1H3,(H,18,19,20). The normalized spacial score (nSPS) is 10.5. The number of anilines is 1. The lowest BCUT2D eigenvalue weighted by Gasteiger charge is -2.07. The molecule has 0 aliphatic rings. The summed E-state index contributed by atoms with van der Waals surface area (Å²) in [6.07, 6.45) is 3.63. The van der Waals surface area contributed by atoms with E-state index in [-0.39, 0.29) is 0 Å². The van der Waals surface area contributed by atoms with Crippen LogP contribution in [-0.2, 0) is 12.8 Å². The summed E-state index contributed by atoms with van der Waals surface area (Å²) < 4.78 is 1.11. The van der Waals surface area contributed by atoms with Crippen LogP contribution in [0.2, 0.25) is 0 Å². The third-order valence-electron chi connectivity index (χ3n) is 2.94. The van der Waals surface area contributed by atoms with E-state index in [9.17, 15) is 0 Å². The van der Waals surface area contributed by atoms with E-state index in [0.717, 1.165) is 42.0 Å². The Morgan fingerprint density at radius 3 is 2.60 bits per heavy atom. The Morgan fingerprint density at radius 1 is 1.05 bits per heavy atom. The fourth-order valence-electron chi connectivity index (χ4n) is 1.84. The smallest absolute Gasteiger partial charge is 0.131 e. The van der Waals surface area contributed by atoms with Gasteiger partial charge in [-0.05, 0) is 37.2 Å². The Hall–Kier alpha value is -1.46. The second-order valence-electron chi connectivity index (χ2n) is 4.51. The number of aromatic nitrogens is 2. The van der Waals surface area contributed by atoms with E-state index in [1.165, 1.54) is 5.56 Å². The van der Waals surface area contributed by atoms with Crippen molar-refractivity contribution in [3.8, 4) is 0 Å². The number of rotatable bonds is 7. The molecule has 5 heteroatoms. The van der Waals surface area contributed by atoms with E-state index in [1.807, 2.05) is 13.1 Å². The molecule has 1 heterocycles. The zero-order valence-electron chi connectivity index (χ0n) is 11.6. The number of nitrogens with one attached hydrogen (secondary N) is 2. The summed E-state index contributed by atoms with van der Waals surface area (Å²) in [4.78, 5) is 8.74. The SMILES string of the molecule is CNCCc1nccc(NCCc2ccc(Br)cc2)n1. The van der Waals surface area contributed by atoms with Crippen LogP contribution in [0.25, 0.3) is 0 Å². The van der Waals surface area contributed by atoms with Crippen LogP contribution >= 0.6 is 15.9 Å². The van der Waals surface area contributed by atoms with Crippen molar-refractivity contribution in [1.29, 1.82) is 0 Å². The Bertz CT molecular complexity index is 528. The Labute approximate surface area is 128 Å². The largest absolute Gasteiger partial charge is 0.370 e. The molecular weight excluding hydrogens is 316 g/mol. The van der Waals surface area contributed by atoms with Gasteiger partial charge < -0.3 is 10.6 Å². The van der Waals surface area contributed by atoms with E-state index in [1.54, 1.807) is 6.20 Å². The molecule has 0 aliphatic carbocycles. The van der Waals surface area contributed by atoms with Gasteiger partial charge in [0.1, 0.15) is 11.6 Å². The number of halogens is 1. The zero-order valence-corrected chi connectivity index (χ0v) is 13.2. The molecule has 0 fully saturated rings. The molecule has 2 rings (SSSR count). The Balaban J connectivity index is 1.82. The minimum absolute atomic E-state index is 0.846. The fourth-order valence-corrected chi connectivity index (χ4v) is 2.11. The highest BCUT2D eigenvalue weighted by molar-refractivity contribution is 9.10. The summed E-state index contributed by atoms with van der Waals surface area (Å²) in [5.41, 5.74) is 1.31. The molecule has 0 spiro atoms. The van der Waals surface area contributed by atoms with Crippen LogP contribution in [-0.4, -0.2) is 30.1 Å². The molecule has 1 aromatic carbocycles. The van der Waals surface area contributed by atoms with Crippen LogP contribution in [0.5, 0.6) is 0 Å². The molecule has 0 saturated carbocycles. The van der Waals surface area contributed by atoms with Crippen molar-refractivity contribution in [3.05, 3.63) is 52.4 Å². The van der Waals surface area contributed by atoms with Crippen LogP contribution in [0.4, 0.5) is 5.82 Å². The first-order valence-corrected chi connectivity index (χ1v) is 7.52. The number of hydrogen-bond donors (Lipinski definition) is 2. The molecule has 2 N–H and O–H groups in total. The number of nitrogens with zero attached hydrogens (tertiary/aromatic N) is 2. The van der Waals surface area contributed by atoms with Crippen LogP contribution in [0.3, 0.4) is 0 Å². The van der Waals surface area contributed by atoms with Gasteiger partial charge in [-0.15, -0.1) is 0 Å². The molecule has 2 aromatic rings. The maximum atomic E-state index is 4.49. The maximum absolute atomic E-state index is 4.49. The number of likely N-dealkylation sites (N-methyl/N-ethyl adjacent to an activating group) is 1. The highest BCUT2D eigenvalue weighted by Gasteiger charge is 1.99.